The number of nitrogens with zero attached hydrogens (tertiary/aromatic N) is 1. The molecule has 0 saturated carbocycles. The summed E-state index contributed by atoms with van der Waals surface area (Å²) in [5.41, 5.74) is 7.33. The van der Waals surface area contributed by atoms with Crippen LogP contribution in [0, 0.1) is 0 Å². The Kier molecular flexibility index (Phi) is 5.12. The molecule has 2 aromatic carbocycles. The lowest BCUT2D eigenvalue weighted by atomic mass is 10.0. The number of carboxylic acids is 1. The van der Waals surface area contributed by atoms with Gasteiger partial charge in [-0.3, -0.25) is 14.6 Å². The van der Waals surface area contributed by atoms with Crippen molar-refractivity contribution in [2.45, 2.75) is 12.5 Å². The Balaban J connectivity index is 1.80. The van der Waals surface area contributed by atoms with Crippen LogP contribution in [0.15, 0.2) is 60.8 Å². The number of aromatic nitrogens is 1. The topological polar surface area (TPSA) is 122 Å². The van der Waals surface area contributed by atoms with E-state index in [1.807, 2.05) is 6.07 Å². The number of fused-ring (bicyclic) bond motifs is 1. The van der Waals surface area contributed by atoms with Crippen LogP contribution in [-0.2, 0) is 11.2 Å². The number of rotatable bonds is 6. The molecule has 3 aromatic rings. The Morgan fingerprint density at radius 2 is 1.74 bits per heavy atom. The van der Waals surface area contributed by atoms with Crippen LogP contribution in [0.4, 0.5) is 0 Å². The molecule has 0 saturated heterocycles. The maximum atomic E-state index is 12.7. The number of para-hydroxylation sites is 1. The highest BCUT2D eigenvalue weighted by Crippen LogP contribution is 2.16. The molecular formula is C20H17N3O4. The highest BCUT2D eigenvalue weighted by molar-refractivity contribution is 6.07. The Morgan fingerprint density at radius 3 is 2.41 bits per heavy atom. The van der Waals surface area contributed by atoms with E-state index in [9.17, 15) is 14.4 Å². The molecule has 27 heavy (non-hydrogen) atoms. The Labute approximate surface area is 154 Å². The molecule has 7 heteroatoms. The summed E-state index contributed by atoms with van der Waals surface area (Å²) in [4.78, 5) is 39.6. The summed E-state index contributed by atoms with van der Waals surface area (Å²) >= 11 is 0. The summed E-state index contributed by atoms with van der Waals surface area (Å²) in [5.74, 6) is -2.14. The van der Waals surface area contributed by atoms with E-state index in [1.54, 1.807) is 36.4 Å². The number of carboxylic acid groups (broad SMARTS) is 1. The lowest BCUT2D eigenvalue weighted by Gasteiger charge is -2.16. The molecule has 0 aliphatic carbocycles. The maximum Gasteiger partial charge on any atom is 0.335 e. The van der Waals surface area contributed by atoms with Gasteiger partial charge in [0.15, 0.2) is 0 Å². The van der Waals surface area contributed by atoms with Crippen molar-refractivity contribution in [3.8, 4) is 0 Å². The minimum Gasteiger partial charge on any atom is -0.478 e. The first-order valence-electron chi connectivity index (χ1n) is 8.22. The number of benzene rings is 2. The largest absolute Gasteiger partial charge is 0.478 e. The van der Waals surface area contributed by atoms with Gasteiger partial charge in [-0.25, -0.2) is 4.79 Å². The van der Waals surface area contributed by atoms with Gasteiger partial charge in [0.2, 0.25) is 5.91 Å². The van der Waals surface area contributed by atoms with E-state index in [2.05, 4.69) is 10.3 Å². The third-order valence-corrected chi connectivity index (χ3v) is 4.18. The molecule has 1 heterocycles. The van der Waals surface area contributed by atoms with E-state index in [0.717, 1.165) is 0 Å². The Hall–Kier alpha value is -3.74. The highest BCUT2D eigenvalue weighted by Gasteiger charge is 2.21. The van der Waals surface area contributed by atoms with Gasteiger partial charge in [0.05, 0.1) is 16.6 Å². The number of primary amides is 1. The van der Waals surface area contributed by atoms with Crippen LogP contribution >= 0.6 is 0 Å². The molecule has 0 spiro atoms. The molecule has 0 unspecified atom stereocenters. The summed E-state index contributed by atoms with van der Waals surface area (Å²) in [7, 11) is 0. The fourth-order valence-corrected chi connectivity index (χ4v) is 2.77. The van der Waals surface area contributed by atoms with Gasteiger partial charge >= 0.3 is 5.97 Å². The molecule has 0 radical (unpaired) electrons. The summed E-state index contributed by atoms with van der Waals surface area (Å²) in [6.45, 7) is 0. The van der Waals surface area contributed by atoms with Crippen molar-refractivity contribution < 1.29 is 19.5 Å². The van der Waals surface area contributed by atoms with Crippen LogP contribution < -0.4 is 11.1 Å². The number of carbonyl (C=O) groups excluding carboxylic acids is 2. The molecule has 1 aromatic heterocycles. The van der Waals surface area contributed by atoms with E-state index in [4.69, 9.17) is 10.8 Å². The second kappa shape index (κ2) is 7.65. The van der Waals surface area contributed by atoms with Crippen molar-refractivity contribution in [1.82, 2.24) is 10.3 Å². The summed E-state index contributed by atoms with van der Waals surface area (Å²) < 4.78 is 0. The highest BCUT2D eigenvalue weighted by atomic mass is 16.4. The van der Waals surface area contributed by atoms with Crippen molar-refractivity contribution >= 4 is 28.7 Å². The predicted octanol–water partition coefficient (Wildman–Crippen LogP) is 1.76. The molecule has 4 N–H and O–H groups in total. The van der Waals surface area contributed by atoms with Gasteiger partial charge in [-0.15, -0.1) is 0 Å². The van der Waals surface area contributed by atoms with Gasteiger partial charge in [0.1, 0.15) is 6.04 Å². The van der Waals surface area contributed by atoms with Crippen molar-refractivity contribution in [3.05, 3.63) is 77.5 Å². The van der Waals surface area contributed by atoms with E-state index < -0.39 is 23.8 Å². The van der Waals surface area contributed by atoms with Gasteiger partial charge in [-0.05, 0) is 29.8 Å². The van der Waals surface area contributed by atoms with Crippen molar-refractivity contribution in [2.24, 2.45) is 5.73 Å². The molecule has 0 aliphatic heterocycles. The van der Waals surface area contributed by atoms with Crippen LogP contribution in [0.5, 0.6) is 0 Å². The first-order valence-corrected chi connectivity index (χ1v) is 8.22. The van der Waals surface area contributed by atoms with E-state index >= 15 is 0 Å². The number of amides is 2. The van der Waals surface area contributed by atoms with Gasteiger partial charge in [-0.1, -0.05) is 30.3 Å². The van der Waals surface area contributed by atoms with Crippen LogP contribution in [0.2, 0.25) is 0 Å². The van der Waals surface area contributed by atoms with Crippen LogP contribution in [0.3, 0.4) is 0 Å². The number of hydrogen-bond donors (Lipinski definition) is 3. The third-order valence-electron chi connectivity index (χ3n) is 4.18. The van der Waals surface area contributed by atoms with Gasteiger partial charge < -0.3 is 16.2 Å². The van der Waals surface area contributed by atoms with E-state index in [-0.39, 0.29) is 12.0 Å². The smallest absolute Gasteiger partial charge is 0.335 e. The molecule has 7 nitrogen and oxygen atoms in total. The lowest BCUT2D eigenvalue weighted by molar-refractivity contribution is -0.119. The standard InChI is InChI=1S/C20H17N3O4/c21-18(24)17(11-12-5-7-13(8-6-12)20(26)27)23-19(25)15-9-10-22-16-4-2-1-3-14(15)16/h1-10,17H,11H2,(H2,21,24)(H,23,25)(H,26,27)/t17-/m1/s1. The van der Waals surface area contributed by atoms with Crippen LogP contribution in [0.1, 0.15) is 26.3 Å². The zero-order valence-corrected chi connectivity index (χ0v) is 14.3. The number of aromatic carboxylic acids is 1. The molecular weight excluding hydrogens is 346 g/mol. The second-order valence-corrected chi connectivity index (χ2v) is 6.01. The number of carbonyl (C=O) groups is 3. The quantitative estimate of drug-likeness (QED) is 0.616. The molecule has 136 valence electrons. The van der Waals surface area contributed by atoms with Crippen molar-refractivity contribution in [1.29, 1.82) is 0 Å². The molecule has 0 aliphatic rings. The first-order chi connectivity index (χ1) is 13.0. The predicted molar refractivity (Wildman–Crippen MR) is 99.3 cm³/mol. The molecule has 2 amide bonds. The zero-order valence-electron chi connectivity index (χ0n) is 14.3. The molecule has 0 bridgehead atoms. The number of pyridine rings is 1. The molecule has 3 rings (SSSR count). The van der Waals surface area contributed by atoms with Crippen LogP contribution in [-0.4, -0.2) is 33.9 Å². The Morgan fingerprint density at radius 1 is 1.04 bits per heavy atom. The maximum absolute atomic E-state index is 12.7. The summed E-state index contributed by atoms with van der Waals surface area (Å²) in [5, 5.41) is 12.3. The summed E-state index contributed by atoms with van der Waals surface area (Å²) in [6, 6.07) is 13.9. The molecule has 0 fully saturated rings. The van der Waals surface area contributed by atoms with Gasteiger partial charge in [0, 0.05) is 18.0 Å². The Bertz CT molecular complexity index is 1010. The minimum atomic E-state index is -1.04. The van der Waals surface area contributed by atoms with Gasteiger partial charge in [-0.2, -0.15) is 0 Å². The lowest BCUT2D eigenvalue weighted by Crippen LogP contribution is -2.45. The average Bonchev–Trinajstić information content (AvgIpc) is 2.67. The average molecular weight is 363 g/mol. The fraction of sp³-hybridized carbons (Fsp3) is 0.100. The zero-order chi connectivity index (χ0) is 19.4. The SMILES string of the molecule is NC(=O)[C@@H](Cc1ccc(C(=O)O)cc1)NC(=O)c1ccnc2ccccc12. The second-order valence-electron chi connectivity index (χ2n) is 6.01. The fourth-order valence-electron chi connectivity index (χ4n) is 2.77. The first kappa shape index (κ1) is 18.1. The number of nitrogens with two attached hydrogens (primary N) is 1. The van der Waals surface area contributed by atoms with E-state index in [0.29, 0.717) is 22.0 Å². The van der Waals surface area contributed by atoms with Crippen molar-refractivity contribution in [2.75, 3.05) is 0 Å². The van der Waals surface area contributed by atoms with Gasteiger partial charge in [0.25, 0.3) is 5.91 Å². The third kappa shape index (κ3) is 4.09. The molecule has 1 atom stereocenters. The number of nitrogens with one attached hydrogen (secondary N) is 1. The summed E-state index contributed by atoms with van der Waals surface area (Å²) in [6.07, 6.45) is 1.69. The minimum absolute atomic E-state index is 0.140. The van der Waals surface area contributed by atoms with Crippen LogP contribution in [0.25, 0.3) is 10.9 Å². The van der Waals surface area contributed by atoms with Crippen molar-refractivity contribution in [3.63, 3.8) is 0 Å². The normalized spacial score (nSPS) is 11.7. The monoisotopic (exact) mass is 363 g/mol. The van der Waals surface area contributed by atoms with E-state index in [1.165, 1.54) is 18.3 Å². The number of hydrogen-bond acceptors (Lipinski definition) is 4.